The Balaban J connectivity index is 2.31. The minimum atomic E-state index is -1.69. The van der Waals surface area contributed by atoms with E-state index in [1.807, 2.05) is 6.92 Å². The Morgan fingerprint density at radius 1 is 1.53 bits per heavy atom. The van der Waals surface area contributed by atoms with E-state index in [2.05, 4.69) is 5.43 Å². The molecule has 0 aromatic rings. The lowest BCUT2D eigenvalue weighted by molar-refractivity contribution is -0.129. The summed E-state index contributed by atoms with van der Waals surface area (Å²) in [7, 11) is 0. The Morgan fingerprint density at radius 2 is 2.13 bits per heavy atom. The highest BCUT2D eigenvalue weighted by Crippen LogP contribution is 2.23. The van der Waals surface area contributed by atoms with Crippen LogP contribution in [0.5, 0.6) is 0 Å². The molecule has 0 spiro atoms. The van der Waals surface area contributed by atoms with Crippen LogP contribution in [0.25, 0.3) is 0 Å². The number of rotatable bonds is 4. The van der Waals surface area contributed by atoms with E-state index in [0.717, 1.165) is 6.42 Å². The van der Waals surface area contributed by atoms with E-state index < -0.39 is 5.67 Å². The van der Waals surface area contributed by atoms with Crippen LogP contribution in [0.3, 0.4) is 0 Å². The molecule has 0 aromatic heterocycles. The Kier molecular flexibility index (Phi) is 4.20. The average Bonchev–Trinajstić information content (AvgIpc) is 2.22. The number of nitrogens with one attached hydrogen (secondary N) is 1. The molecule has 86 valence electrons. The van der Waals surface area contributed by atoms with Crippen molar-refractivity contribution >= 4 is 12.2 Å². The molecule has 1 heterocycles. The Bertz CT molecular complexity index is 238. The molecule has 15 heavy (non-hydrogen) atoms. The summed E-state index contributed by atoms with van der Waals surface area (Å²) in [6.07, 6.45) is 1.95. The van der Waals surface area contributed by atoms with Crippen molar-refractivity contribution in [2.75, 3.05) is 13.1 Å². The molecule has 4 nitrogen and oxygen atoms in total. The number of carbonyl (C=O) groups is 2. The summed E-state index contributed by atoms with van der Waals surface area (Å²) in [4.78, 5) is 21.7. The van der Waals surface area contributed by atoms with Crippen LogP contribution in [0.15, 0.2) is 0 Å². The van der Waals surface area contributed by atoms with E-state index in [1.54, 1.807) is 5.01 Å². The van der Waals surface area contributed by atoms with Gasteiger partial charge in [-0.15, -0.1) is 0 Å². The van der Waals surface area contributed by atoms with Crippen LogP contribution in [0.4, 0.5) is 4.39 Å². The van der Waals surface area contributed by atoms with Crippen LogP contribution >= 0.6 is 0 Å². The van der Waals surface area contributed by atoms with Crippen molar-refractivity contribution in [3.8, 4) is 0 Å². The van der Waals surface area contributed by atoms with E-state index in [-0.39, 0.29) is 18.7 Å². The maximum absolute atomic E-state index is 13.5. The van der Waals surface area contributed by atoms with Gasteiger partial charge in [0, 0.05) is 32.4 Å². The van der Waals surface area contributed by atoms with Crippen LogP contribution in [0, 0.1) is 0 Å². The highest BCUT2D eigenvalue weighted by molar-refractivity contribution is 5.75. The zero-order valence-electron chi connectivity index (χ0n) is 8.96. The second-order valence-corrected chi connectivity index (χ2v) is 3.92. The molecular weight excluding hydrogens is 199 g/mol. The molecule has 0 bridgehead atoms. The van der Waals surface area contributed by atoms with E-state index in [4.69, 9.17) is 0 Å². The van der Waals surface area contributed by atoms with E-state index >= 15 is 0 Å². The molecule has 1 aliphatic rings. The third kappa shape index (κ3) is 3.58. The minimum Gasteiger partial charge on any atom is -0.300 e. The van der Waals surface area contributed by atoms with Crippen molar-refractivity contribution in [2.24, 2.45) is 0 Å². The number of hydrazine groups is 1. The summed E-state index contributed by atoms with van der Waals surface area (Å²) in [6.45, 7) is 2.71. The summed E-state index contributed by atoms with van der Waals surface area (Å²) in [5.41, 5.74) is 1.00. The number of alkyl halides is 1. The predicted octanol–water partition coefficient (Wildman–Crippen LogP) is 0.821. The lowest BCUT2D eigenvalue weighted by Crippen LogP contribution is -2.50. The molecule has 1 amide bonds. The van der Waals surface area contributed by atoms with Crippen LogP contribution in [-0.2, 0) is 9.59 Å². The summed E-state index contributed by atoms with van der Waals surface area (Å²) in [6, 6.07) is 0. The van der Waals surface area contributed by atoms with E-state index in [0.29, 0.717) is 25.8 Å². The van der Waals surface area contributed by atoms with Crippen molar-refractivity contribution in [3.63, 3.8) is 0 Å². The number of carbonyl (C=O) groups excluding carboxylic acids is 2. The van der Waals surface area contributed by atoms with Gasteiger partial charge in [-0.3, -0.25) is 15.0 Å². The first kappa shape index (κ1) is 12.1. The first-order valence-electron chi connectivity index (χ1n) is 5.29. The highest BCUT2D eigenvalue weighted by Gasteiger charge is 2.34. The summed E-state index contributed by atoms with van der Waals surface area (Å²) in [5, 5.41) is 1.68. The lowest BCUT2D eigenvalue weighted by Gasteiger charge is -2.33. The fraction of sp³-hybridized carbons (Fsp3) is 0.800. The Hall–Kier alpha value is -0.970. The topological polar surface area (TPSA) is 49.4 Å². The molecule has 1 N–H and O–H groups in total. The molecule has 1 fully saturated rings. The number of piperidine rings is 1. The summed E-state index contributed by atoms with van der Waals surface area (Å²) < 4.78 is 13.5. The molecule has 0 unspecified atom stereocenters. The van der Waals surface area contributed by atoms with Crippen molar-refractivity contribution in [1.82, 2.24) is 10.4 Å². The Morgan fingerprint density at radius 3 is 2.60 bits per heavy atom. The monoisotopic (exact) mass is 216 g/mol. The summed E-state index contributed by atoms with van der Waals surface area (Å²) in [5.74, 6) is -0.0463. The standard InChI is InChI=1S/C10H17FN2O2/c1-2-3-9(15)12-13-6-4-10(11,8-14)5-7-13/h8H,2-7H2,1H3,(H,12,15). The van der Waals surface area contributed by atoms with Crippen molar-refractivity contribution in [3.05, 3.63) is 0 Å². The smallest absolute Gasteiger partial charge is 0.234 e. The Labute approximate surface area is 88.8 Å². The average molecular weight is 216 g/mol. The molecule has 0 aliphatic carbocycles. The molecule has 0 atom stereocenters. The number of hydrogen-bond donors (Lipinski definition) is 1. The van der Waals surface area contributed by atoms with Gasteiger partial charge >= 0.3 is 0 Å². The number of halogens is 1. The van der Waals surface area contributed by atoms with Crippen LogP contribution in [0.2, 0.25) is 0 Å². The number of aldehydes is 1. The van der Waals surface area contributed by atoms with E-state index in [1.165, 1.54) is 0 Å². The third-order valence-corrected chi connectivity index (χ3v) is 2.57. The molecular formula is C10H17FN2O2. The molecule has 5 heteroatoms. The zero-order valence-corrected chi connectivity index (χ0v) is 8.96. The highest BCUT2D eigenvalue weighted by atomic mass is 19.1. The first-order chi connectivity index (χ1) is 7.09. The third-order valence-electron chi connectivity index (χ3n) is 2.57. The second-order valence-electron chi connectivity index (χ2n) is 3.92. The van der Waals surface area contributed by atoms with Gasteiger partial charge < -0.3 is 0 Å². The van der Waals surface area contributed by atoms with Gasteiger partial charge in [-0.05, 0) is 6.42 Å². The second kappa shape index (κ2) is 5.21. The van der Waals surface area contributed by atoms with Crippen molar-refractivity contribution in [2.45, 2.75) is 38.3 Å². The summed E-state index contributed by atoms with van der Waals surface area (Å²) >= 11 is 0. The van der Waals surface area contributed by atoms with Gasteiger partial charge in [-0.2, -0.15) is 0 Å². The van der Waals surface area contributed by atoms with Gasteiger partial charge in [0.1, 0.15) is 0 Å². The van der Waals surface area contributed by atoms with Crippen molar-refractivity contribution in [1.29, 1.82) is 0 Å². The van der Waals surface area contributed by atoms with Crippen LogP contribution in [-0.4, -0.2) is 36.0 Å². The maximum Gasteiger partial charge on any atom is 0.234 e. The van der Waals surface area contributed by atoms with Gasteiger partial charge in [-0.1, -0.05) is 6.92 Å². The molecule has 0 aromatic carbocycles. The molecule has 0 saturated carbocycles. The van der Waals surface area contributed by atoms with E-state index in [9.17, 15) is 14.0 Å². The maximum atomic E-state index is 13.5. The fourth-order valence-electron chi connectivity index (χ4n) is 1.57. The van der Waals surface area contributed by atoms with Gasteiger partial charge in [0.05, 0.1) is 0 Å². The lowest BCUT2D eigenvalue weighted by atomic mass is 9.96. The van der Waals surface area contributed by atoms with Gasteiger partial charge in [0.15, 0.2) is 12.0 Å². The first-order valence-corrected chi connectivity index (χ1v) is 5.29. The zero-order chi connectivity index (χ0) is 11.3. The van der Waals surface area contributed by atoms with Gasteiger partial charge in [0.2, 0.25) is 5.91 Å². The molecule has 0 radical (unpaired) electrons. The van der Waals surface area contributed by atoms with Gasteiger partial charge in [0.25, 0.3) is 0 Å². The van der Waals surface area contributed by atoms with Crippen molar-refractivity contribution < 1.29 is 14.0 Å². The number of hydrogen-bond acceptors (Lipinski definition) is 3. The van der Waals surface area contributed by atoms with Crippen LogP contribution < -0.4 is 5.43 Å². The molecule has 1 rings (SSSR count). The van der Waals surface area contributed by atoms with Crippen LogP contribution in [0.1, 0.15) is 32.6 Å². The predicted molar refractivity (Wildman–Crippen MR) is 53.8 cm³/mol. The fourth-order valence-corrected chi connectivity index (χ4v) is 1.57. The SMILES string of the molecule is CCCC(=O)NN1CCC(F)(C=O)CC1. The van der Waals surface area contributed by atoms with Gasteiger partial charge in [-0.25, -0.2) is 9.40 Å². The normalized spacial score (nSPS) is 20.9. The molecule has 1 aliphatic heterocycles. The largest absolute Gasteiger partial charge is 0.300 e. The number of nitrogens with zero attached hydrogens (tertiary/aromatic N) is 1. The quantitative estimate of drug-likeness (QED) is 0.708. The number of amides is 1. The molecule has 1 saturated heterocycles. The minimum absolute atomic E-state index is 0.0463.